The number of hydrogen-bond donors (Lipinski definition) is 1. The van der Waals surface area contributed by atoms with Gasteiger partial charge in [0.05, 0.1) is 0 Å². The van der Waals surface area contributed by atoms with Crippen molar-refractivity contribution in [3.8, 4) is 0 Å². The minimum absolute atomic E-state index is 0.466. The van der Waals surface area contributed by atoms with Gasteiger partial charge in [-0.25, -0.2) is 0 Å². The third-order valence-corrected chi connectivity index (χ3v) is 1.40. The number of nitrogen functional groups attached to an aromatic ring is 1. The Labute approximate surface area is 66.0 Å². The molecule has 0 aliphatic rings. The van der Waals surface area contributed by atoms with Crippen LogP contribution in [0.3, 0.4) is 0 Å². The average molecular weight is 152 g/mol. The molecule has 0 radical (unpaired) electrons. The zero-order chi connectivity index (χ0) is 8.43. The Morgan fingerprint density at radius 3 is 2.45 bits per heavy atom. The number of hydrogen-bond acceptors (Lipinski definition) is 4. The Bertz CT molecular complexity index is 257. The molecule has 0 spiro atoms. The predicted molar refractivity (Wildman–Crippen MR) is 45.5 cm³/mol. The van der Waals surface area contributed by atoms with Crippen molar-refractivity contribution < 1.29 is 0 Å². The van der Waals surface area contributed by atoms with Crippen molar-refractivity contribution in [1.82, 2.24) is 10.2 Å². The van der Waals surface area contributed by atoms with E-state index >= 15 is 0 Å². The van der Waals surface area contributed by atoms with Crippen LogP contribution in [0.1, 0.15) is 5.56 Å². The summed E-state index contributed by atoms with van der Waals surface area (Å²) in [6.07, 6.45) is 0. The molecule has 0 saturated heterocycles. The zero-order valence-corrected chi connectivity index (χ0v) is 7.00. The summed E-state index contributed by atoms with van der Waals surface area (Å²) in [5.74, 6) is 1.33. The second-order valence-corrected chi connectivity index (χ2v) is 2.67. The van der Waals surface area contributed by atoms with Crippen molar-refractivity contribution in [1.29, 1.82) is 0 Å². The lowest BCUT2D eigenvalue weighted by Crippen LogP contribution is -2.13. The summed E-state index contributed by atoms with van der Waals surface area (Å²) in [4.78, 5) is 1.90. The second-order valence-electron chi connectivity index (χ2n) is 2.67. The largest absolute Gasteiger partial charge is 0.382 e. The highest BCUT2D eigenvalue weighted by Gasteiger charge is 2.02. The van der Waals surface area contributed by atoms with Crippen LogP contribution in [0.5, 0.6) is 0 Å². The summed E-state index contributed by atoms with van der Waals surface area (Å²) in [5.41, 5.74) is 6.48. The molecule has 0 atom stereocenters. The maximum absolute atomic E-state index is 5.44. The van der Waals surface area contributed by atoms with Gasteiger partial charge in [-0.3, -0.25) is 0 Å². The van der Waals surface area contributed by atoms with Gasteiger partial charge in [-0.15, -0.1) is 10.2 Å². The monoisotopic (exact) mass is 152 g/mol. The van der Waals surface area contributed by atoms with Crippen molar-refractivity contribution in [3.63, 3.8) is 0 Å². The van der Waals surface area contributed by atoms with Crippen LogP contribution in [0.2, 0.25) is 0 Å². The summed E-state index contributed by atoms with van der Waals surface area (Å²) >= 11 is 0. The predicted octanol–water partition coefficient (Wildman–Crippen LogP) is 0.433. The molecule has 4 nitrogen and oxygen atoms in total. The van der Waals surface area contributed by atoms with E-state index in [0.29, 0.717) is 5.82 Å². The van der Waals surface area contributed by atoms with Crippen molar-refractivity contribution in [3.05, 3.63) is 11.6 Å². The molecule has 2 N–H and O–H groups in total. The topological polar surface area (TPSA) is 55.0 Å². The van der Waals surface area contributed by atoms with Crippen molar-refractivity contribution in [2.24, 2.45) is 0 Å². The maximum atomic E-state index is 5.44. The van der Waals surface area contributed by atoms with Crippen molar-refractivity contribution >= 4 is 11.6 Å². The molecular weight excluding hydrogens is 140 g/mol. The molecule has 0 fully saturated rings. The fourth-order valence-corrected chi connectivity index (χ4v) is 0.941. The minimum Gasteiger partial charge on any atom is -0.382 e. The fraction of sp³-hybridized carbons (Fsp3) is 0.429. The first-order valence-electron chi connectivity index (χ1n) is 3.38. The van der Waals surface area contributed by atoms with Crippen LogP contribution < -0.4 is 10.6 Å². The van der Waals surface area contributed by atoms with E-state index in [1.165, 1.54) is 0 Å². The third-order valence-electron chi connectivity index (χ3n) is 1.40. The van der Waals surface area contributed by atoms with Crippen LogP contribution in [0.4, 0.5) is 11.6 Å². The van der Waals surface area contributed by atoms with Crippen LogP contribution >= 0.6 is 0 Å². The normalized spacial score (nSPS) is 9.73. The van der Waals surface area contributed by atoms with Gasteiger partial charge in [0.1, 0.15) is 5.82 Å². The van der Waals surface area contributed by atoms with Crippen molar-refractivity contribution in [2.75, 3.05) is 24.7 Å². The molecule has 1 rings (SSSR count). The third kappa shape index (κ3) is 1.58. The highest BCUT2D eigenvalue weighted by atomic mass is 15.2. The van der Waals surface area contributed by atoms with Gasteiger partial charge in [0.2, 0.25) is 0 Å². The van der Waals surface area contributed by atoms with E-state index in [2.05, 4.69) is 10.2 Å². The molecule has 11 heavy (non-hydrogen) atoms. The lowest BCUT2D eigenvalue weighted by molar-refractivity contribution is 0.956. The van der Waals surface area contributed by atoms with E-state index in [-0.39, 0.29) is 0 Å². The summed E-state index contributed by atoms with van der Waals surface area (Å²) in [5, 5.41) is 7.68. The smallest absolute Gasteiger partial charge is 0.153 e. The van der Waals surface area contributed by atoms with Gasteiger partial charge in [0, 0.05) is 14.1 Å². The molecule has 0 aliphatic heterocycles. The standard InChI is InChI=1S/C7H12N4/c1-5-4-6(8)9-10-7(5)11(2)3/h4H,1-3H3,(H2,8,9). The fourth-order valence-electron chi connectivity index (χ4n) is 0.941. The van der Waals surface area contributed by atoms with Crippen LogP contribution in [-0.2, 0) is 0 Å². The number of nitrogens with two attached hydrogens (primary N) is 1. The SMILES string of the molecule is Cc1cc(N)nnc1N(C)C. The van der Waals surface area contributed by atoms with Crippen LogP contribution in [0.15, 0.2) is 6.07 Å². The number of aryl methyl sites for hydroxylation is 1. The molecule has 60 valence electrons. The van der Waals surface area contributed by atoms with Gasteiger partial charge in [-0.1, -0.05) is 0 Å². The first-order valence-corrected chi connectivity index (χ1v) is 3.38. The highest BCUT2D eigenvalue weighted by Crippen LogP contribution is 2.13. The van der Waals surface area contributed by atoms with E-state index in [0.717, 1.165) is 11.4 Å². The van der Waals surface area contributed by atoms with Crippen LogP contribution in [0, 0.1) is 6.92 Å². The number of nitrogens with zero attached hydrogens (tertiary/aromatic N) is 3. The molecule has 1 heterocycles. The summed E-state index contributed by atoms with van der Waals surface area (Å²) in [7, 11) is 3.85. The van der Waals surface area contributed by atoms with Gasteiger partial charge < -0.3 is 10.6 Å². The average Bonchev–Trinajstić information content (AvgIpc) is 1.85. The first kappa shape index (κ1) is 7.78. The van der Waals surface area contributed by atoms with Crippen LogP contribution in [0.25, 0.3) is 0 Å². The molecule has 0 aromatic carbocycles. The molecule has 0 amide bonds. The van der Waals surface area contributed by atoms with Gasteiger partial charge >= 0.3 is 0 Å². The lowest BCUT2D eigenvalue weighted by atomic mass is 10.3. The van der Waals surface area contributed by atoms with Gasteiger partial charge in [0.25, 0.3) is 0 Å². The Balaban J connectivity index is 3.09. The summed E-state index contributed by atoms with van der Waals surface area (Å²) in [6, 6.07) is 1.81. The Kier molecular flexibility index (Phi) is 1.94. The van der Waals surface area contributed by atoms with E-state index in [1.807, 2.05) is 32.0 Å². The Hall–Kier alpha value is -1.32. The van der Waals surface area contributed by atoms with E-state index in [1.54, 1.807) is 0 Å². The summed E-state index contributed by atoms with van der Waals surface area (Å²) in [6.45, 7) is 1.96. The number of aromatic nitrogens is 2. The maximum Gasteiger partial charge on any atom is 0.153 e. The van der Waals surface area contributed by atoms with Gasteiger partial charge in [-0.05, 0) is 18.6 Å². The Morgan fingerprint density at radius 1 is 1.36 bits per heavy atom. The van der Waals surface area contributed by atoms with Gasteiger partial charge in [-0.2, -0.15) is 0 Å². The van der Waals surface area contributed by atoms with Crippen molar-refractivity contribution in [2.45, 2.75) is 6.92 Å². The molecule has 4 heteroatoms. The Morgan fingerprint density at radius 2 is 2.00 bits per heavy atom. The molecule has 0 unspecified atom stereocenters. The molecular formula is C7H12N4. The highest BCUT2D eigenvalue weighted by molar-refractivity contribution is 5.47. The molecule has 0 saturated carbocycles. The summed E-state index contributed by atoms with van der Waals surface area (Å²) < 4.78 is 0. The van der Waals surface area contributed by atoms with E-state index < -0.39 is 0 Å². The lowest BCUT2D eigenvalue weighted by Gasteiger charge is -2.12. The quantitative estimate of drug-likeness (QED) is 0.634. The first-order chi connectivity index (χ1) is 5.11. The second kappa shape index (κ2) is 2.74. The number of rotatable bonds is 1. The van der Waals surface area contributed by atoms with Crippen LogP contribution in [-0.4, -0.2) is 24.3 Å². The van der Waals surface area contributed by atoms with E-state index in [9.17, 15) is 0 Å². The minimum atomic E-state index is 0.466. The molecule has 0 bridgehead atoms. The molecule has 1 aromatic heterocycles. The van der Waals surface area contributed by atoms with Gasteiger partial charge in [0.15, 0.2) is 5.82 Å². The molecule has 1 aromatic rings. The molecule has 0 aliphatic carbocycles. The number of anilines is 2. The zero-order valence-electron chi connectivity index (χ0n) is 7.00. The van der Waals surface area contributed by atoms with E-state index in [4.69, 9.17) is 5.73 Å².